The lowest BCUT2D eigenvalue weighted by Gasteiger charge is -2.23. The Hall–Kier alpha value is -3.34. The third kappa shape index (κ3) is 4.44. The van der Waals surface area contributed by atoms with Crippen molar-refractivity contribution in [3.8, 4) is 11.5 Å². The molecule has 1 amide bonds. The smallest absolute Gasteiger partial charge is 0.263 e. The lowest BCUT2D eigenvalue weighted by atomic mass is 10.1. The zero-order valence-corrected chi connectivity index (χ0v) is 15.5. The average molecular weight is 362 g/mol. The standard InChI is InChI=1S/C22H22N2O3/c1-3-27-20-9-5-4-8-19(20)22(25)24(21-10-6-7-15-23-21)16-17-11-13-18(26-2)14-12-17/h4-15H,3,16H2,1-2H3. The molecule has 3 aromatic rings. The van der Waals surface area contributed by atoms with Crippen molar-refractivity contribution in [2.24, 2.45) is 0 Å². The van der Waals surface area contributed by atoms with Crippen molar-refractivity contribution in [2.75, 3.05) is 18.6 Å². The highest BCUT2D eigenvalue weighted by Crippen LogP contribution is 2.24. The Balaban J connectivity index is 1.96. The van der Waals surface area contributed by atoms with Crippen molar-refractivity contribution in [3.63, 3.8) is 0 Å². The van der Waals surface area contributed by atoms with Crippen LogP contribution in [0.1, 0.15) is 22.8 Å². The summed E-state index contributed by atoms with van der Waals surface area (Å²) in [6.07, 6.45) is 1.68. The molecule has 0 unspecified atom stereocenters. The number of methoxy groups -OCH3 is 1. The van der Waals surface area contributed by atoms with Crippen molar-refractivity contribution in [2.45, 2.75) is 13.5 Å². The van der Waals surface area contributed by atoms with E-state index in [0.717, 1.165) is 11.3 Å². The van der Waals surface area contributed by atoms with E-state index in [1.165, 1.54) is 0 Å². The van der Waals surface area contributed by atoms with Gasteiger partial charge in [0.2, 0.25) is 0 Å². The molecule has 0 fully saturated rings. The van der Waals surface area contributed by atoms with Crippen LogP contribution in [-0.2, 0) is 6.54 Å². The summed E-state index contributed by atoms with van der Waals surface area (Å²) < 4.78 is 10.8. The predicted molar refractivity (Wildman–Crippen MR) is 105 cm³/mol. The molecular formula is C22H22N2O3. The second kappa shape index (κ2) is 8.85. The van der Waals surface area contributed by atoms with Crippen LogP contribution in [0.2, 0.25) is 0 Å². The fraction of sp³-hybridized carbons (Fsp3) is 0.182. The molecule has 27 heavy (non-hydrogen) atoms. The first-order chi connectivity index (χ1) is 13.2. The molecule has 138 valence electrons. The minimum Gasteiger partial charge on any atom is -0.497 e. The normalized spacial score (nSPS) is 10.3. The number of pyridine rings is 1. The van der Waals surface area contributed by atoms with Gasteiger partial charge in [-0.15, -0.1) is 0 Å². The van der Waals surface area contributed by atoms with E-state index in [0.29, 0.717) is 30.3 Å². The first-order valence-electron chi connectivity index (χ1n) is 8.80. The SMILES string of the molecule is CCOc1ccccc1C(=O)N(Cc1ccc(OC)cc1)c1ccccn1. The third-order valence-electron chi connectivity index (χ3n) is 4.09. The lowest BCUT2D eigenvalue weighted by molar-refractivity contribution is 0.0980. The zero-order valence-electron chi connectivity index (χ0n) is 15.5. The maximum Gasteiger partial charge on any atom is 0.263 e. The van der Waals surface area contributed by atoms with Gasteiger partial charge in [0, 0.05) is 6.20 Å². The summed E-state index contributed by atoms with van der Waals surface area (Å²) in [6, 6.07) is 20.4. The number of nitrogens with zero attached hydrogens (tertiary/aromatic N) is 2. The van der Waals surface area contributed by atoms with E-state index in [4.69, 9.17) is 9.47 Å². The molecule has 0 N–H and O–H groups in total. The molecule has 0 spiro atoms. The molecule has 5 heteroatoms. The summed E-state index contributed by atoms with van der Waals surface area (Å²) in [5.74, 6) is 1.77. The van der Waals surface area contributed by atoms with Crippen LogP contribution in [0.15, 0.2) is 72.9 Å². The highest BCUT2D eigenvalue weighted by Gasteiger charge is 2.22. The van der Waals surface area contributed by atoms with Gasteiger partial charge in [0.25, 0.3) is 5.91 Å². The van der Waals surface area contributed by atoms with Gasteiger partial charge in [-0.05, 0) is 48.9 Å². The van der Waals surface area contributed by atoms with Gasteiger partial charge in [0.1, 0.15) is 17.3 Å². The number of para-hydroxylation sites is 1. The van der Waals surface area contributed by atoms with Crippen LogP contribution in [0, 0.1) is 0 Å². The summed E-state index contributed by atoms with van der Waals surface area (Å²) in [6.45, 7) is 2.78. The van der Waals surface area contributed by atoms with E-state index < -0.39 is 0 Å². The lowest BCUT2D eigenvalue weighted by Crippen LogP contribution is -2.31. The second-order valence-corrected chi connectivity index (χ2v) is 5.86. The molecule has 0 saturated heterocycles. The number of hydrogen-bond acceptors (Lipinski definition) is 4. The Kier molecular flexibility index (Phi) is 6.05. The highest BCUT2D eigenvalue weighted by molar-refractivity contribution is 6.07. The number of carbonyl (C=O) groups is 1. The highest BCUT2D eigenvalue weighted by atomic mass is 16.5. The van der Waals surface area contributed by atoms with Crippen molar-refractivity contribution in [1.82, 2.24) is 4.98 Å². The summed E-state index contributed by atoms with van der Waals surface area (Å²) >= 11 is 0. The summed E-state index contributed by atoms with van der Waals surface area (Å²) in [5.41, 5.74) is 1.49. The summed E-state index contributed by atoms with van der Waals surface area (Å²) in [4.78, 5) is 19.4. The minimum absolute atomic E-state index is 0.159. The van der Waals surface area contributed by atoms with Crippen LogP contribution in [0.25, 0.3) is 0 Å². The number of aromatic nitrogens is 1. The molecule has 0 radical (unpaired) electrons. The fourth-order valence-electron chi connectivity index (χ4n) is 2.75. The van der Waals surface area contributed by atoms with E-state index in [9.17, 15) is 4.79 Å². The minimum atomic E-state index is -0.159. The van der Waals surface area contributed by atoms with E-state index in [-0.39, 0.29) is 5.91 Å². The molecule has 1 aromatic heterocycles. The van der Waals surface area contributed by atoms with Gasteiger partial charge in [0.05, 0.1) is 25.8 Å². The molecule has 0 aliphatic rings. The molecular weight excluding hydrogens is 340 g/mol. The van der Waals surface area contributed by atoms with Crippen LogP contribution < -0.4 is 14.4 Å². The number of carbonyl (C=O) groups excluding carboxylic acids is 1. The molecule has 2 aromatic carbocycles. The van der Waals surface area contributed by atoms with Crippen LogP contribution in [0.3, 0.4) is 0 Å². The number of anilines is 1. The fourth-order valence-corrected chi connectivity index (χ4v) is 2.75. The van der Waals surface area contributed by atoms with Gasteiger partial charge in [-0.2, -0.15) is 0 Å². The van der Waals surface area contributed by atoms with Crippen LogP contribution in [0.5, 0.6) is 11.5 Å². The van der Waals surface area contributed by atoms with Crippen molar-refractivity contribution in [3.05, 3.63) is 84.1 Å². The van der Waals surface area contributed by atoms with Gasteiger partial charge in [-0.3, -0.25) is 9.69 Å². The van der Waals surface area contributed by atoms with Crippen molar-refractivity contribution < 1.29 is 14.3 Å². The molecule has 0 atom stereocenters. The number of benzene rings is 2. The molecule has 5 nitrogen and oxygen atoms in total. The number of ether oxygens (including phenoxy) is 2. The maximum absolute atomic E-state index is 13.3. The van der Waals surface area contributed by atoms with E-state index in [1.54, 1.807) is 30.3 Å². The average Bonchev–Trinajstić information content (AvgIpc) is 2.73. The number of rotatable bonds is 7. The van der Waals surface area contributed by atoms with Crippen molar-refractivity contribution in [1.29, 1.82) is 0 Å². The Labute approximate surface area is 159 Å². The predicted octanol–water partition coefficient (Wildman–Crippen LogP) is 4.34. The zero-order chi connectivity index (χ0) is 19.1. The number of hydrogen-bond donors (Lipinski definition) is 0. The molecule has 0 bridgehead atoms. The van der Waals surface area contributed by atoms with Crippen LogP contribution >= 0.6 is 0 Å². The Morgan fingerprint density at radius 3 is 2.41 bits per heavy atom. The Morgan fingerprint density at radius 1 is 1.00 bits per heavy atom. The summed E-state index contributed by atoms with van der Waals surface area (Å²) in [5, 5.41) is 0. The van der Waals surface area contributed by atoms with Gasteiger partial charge in [-0.1, -0.05) is 30.3 Å². The Morgan fingerprint density at radius 2 is 1.74 bits per heavy atom. The first-order valence-corrected chi connectivity index (χ1v) is 8.80. The van der Waals surface area contributed by atoms with Crippen LogP contribution in [-0.4, -0.2) is 24.6 Å². The number of amides is 1. The van der Waals surface area contributed by atoms with Crippen molar-refractivity contribution >= 4 is 11.7 Å². The largest absolute Gasteiger partial charge is 0.497 e. The van der Waals surface area contributed by atoms with Gasteiger partial charge >= 0.3 is 0 Å². The molecule has 1 heterocycles. The maximum atomic E-state index is 13.3. The topological polar surface area (TPSA) is 51.7 Å². The van der Waals surface area contributed by atoms with Gasteiger partial charge in [0.15, 0.2) is 0 Å². The third-order valence-corrected chi connectivity index (χ3v) is 4.09. The summed E-state index contributed by atoms with van der Waals surface area (Å²) in [7, 11) is 1.63. The quantitative estimate of drug-likeness (QED) is 0.627. The van der Waals surface area contributed by atoms with Gasteiger partial charge < -0.3 is 9.47 Å². The van der Waals surface area contributed by atoms with E-state index in [2.05, 4.69) is 4.98 Å². The molecule has 3 rings (SSSR count). The molecule has 0 aliphatic heterocycles. The Bertz CT molecular complexity index is 880. The molecule has 0 saturated carbocycles. The molecule has 0 aliphatic carbocycles. The second-order valence-electron chi connectivity index (χ2n) is 5.86. The van der Waals surface area contributed by atoms with E-state index >= 15 is 0 Å². The first kappa shape index (κ1) is 18.5. The van der Waals surface area contributed by atoms with Crippen LogP contribution in [0.4, 0.5) is 5.82 Å². The van der Waals surface area contributed by atoms with Gasteiger partial charge in [-0.25, -0.2) is 4.98 Å². The monoisotopic (exact) mass is 362 g/mol. The van der Waals surface area contributed by atoms with E-state index in [1.807, 2.05) is 61.5 Å².